The molecular weight excluding hydrogens is 232 g/mol. The van der Waals surface area contributed by atoms with Crippen LogP contribution in [0.2, 0.25) is 0 Å². The molecular formula is C13H20N2OS. The maximum atomic E-state index is 12.2. The van der Waals surface area contributed by atoms with Gasteiger partial charge in [-0.05, 0) is 38.1 Å². The summed E-state index contributed by atoms with van der Waals surface area (Å²) in [6.07, 6.45) is 2.60. The van der Waals surface area contributed by atoms with Crippen LogP contribution in [-0.4, -0.2) is 22.9 Å². The Kier molecular flexibility index (Phi) is 3.54. The second-order valence-corrected chi connectivity index (χ2v) is 6.41. The third-order valence-electron chi connectivity index (χ3n) is 3.05. The fourth-order valence-corrected chi connectivity index (χ4v) is 3.21. The molecule has 0 radical (unpaired) electrons. The molecule has 1 atom stereocenters. The van der Waals surface area contributed by atoms with E-state index < -0.39 is 5.54 Å². The average molecular weight is 252 g/mol. The number of thiophene rings is 1. The Labute approximate surface area is 107 Å². The zero-order valence-corrected chi connectivity index (χ0v) is 11.3. The first-order valence-corrected chi connectivity index (χ1v) is 6.97. The van der Waals surface area contributed by atoms with Crippen molar-refractivity contribution in [1.29, 1.82) is 0 Å². The Balaban J connectivity index is 2.07. The number of nitrogens with two attached hydrogens (primary N) is 1. The first-order valence-electron chi connectivity index (χ1n) is 6.09. The van der Waals surface area contributed by atoms with Crippen LogP contribution in [0.5, 0.6) is 0 Å². The number of nitrogens with zero attached hydrogens (tertiary/aromatic N) is 1. The molecule has 0 aromatic carbocycles. The minimum Gasteiger partial charge on any atom is -0.335 e. The fraction of sp³-hybridized carbons (Fsp3) is 0.615. The molecule has 0 bridgehead atoms. The Bertz CT molecular complexity index is 381. The van der Waals surface area contributed by atoms with Crippen LogP contribution < -0.4 is 5.73 Å². The van der Waals surface area contributed by atoms with Crippen molar-refractivity contribution in [3.8, 4) is 0 Å². The van der Waals surface area contributed by atoms with Gasteiger partial charge in [-0.1, -0.05) is 6.07 Å². The highest BCUT2D eigenvalue weighted by Crippen LogP contribution is 2.35. The Morgan fingerprint density at radius 3 is 3.00 bits per heavy atom. The van der Waals surface area contributed by atoms with Gasteiger partial charge in [-0.15, -0.1) is 11.3 Å². The van der Waals surface area contributed by atoms with Crippen molar-refractivity contribution < 1.29 is 4.79 Å². The number of hydrogen-bond acceptors (Lipinski definition) is 3. The van der Waals surface area contributed by atoms with Crippen LogP contribution in [0.3, 0.4) is 0 Å². The molecule has 1 saturated heterocycles. The van der Waals surface area contributed by atoms with Gasteiger partial charge in [0.2, 0.25) is 5.91 Å². The van der Waals surface area contributed by atoms with Crippen LogP contribution in [0.15, 0.2) is 17.5 Å². The van der Waals surface area contributed by atoms with Gasteiger partial charge < -0.3 is 10.6 Å². The van der Waals surface area contributed by atoms with Gasteiger partial charge in [0.15, 0.2) is 0 Å². The molecule has 0 saturated carbocycles. The van der Waals surface area contributed by atoms with E-state index in [9.17, 15) is 4.79 Å². The van der Waals surface area contributed by atoms with E-state index in [0.29, 0.717) is 6.42 Å². The van der Waals surface area contributed by atoms with Crippen LogP contribution >= 0.6 is 11.3 Å². The van der Waals surface area contributed by atoms with Crippen molar-refractivity contribution in [3.05, 3.63) is 22.4 Å². The zero-order chi connectivity index (χ0) is 12.5. The molecule has 4 heteroatoms. The van der Waals surface area contributed by atoms with Gasteiger partial charge in [0.05, 0.1) is 6.04 Å². The van der Waals surface area contributed by atoms with Crippen molar-refractivity contribution in [2.24, 2.45) is 5.73 Å². The SMILES string of the molecule is CC(C)(N)CC(=O)N1CCCC1c1cccs1. The topological polar surface area (TPSA) is 46.3 Å². The summed E-state index contributed by atoms with van der Waals surface area (Å²) < 4.78 is 0. The maximum Gasteiger partial charge on any atom is 0.224 e. The molecule has 94 valence electrons. The molecule has 0 aliphatic carbocycles. The number of likely N-dealkylation sites (tertiary alicyclic amines) is 1. The maximum absolute atomic E-state index is 12.2. The highest BCUT2D eigenvalue weighted by Gasteiger charge is 2.32. The highest BCUT2D eigenvalue weighted by atomic mass is 32.1. The van der Waals surface area contributed by atoms with E-state index in [1.165, 1.54) is 4.88 Å². The van der Waals surface area contributed by atoms with Gasteiger partial charge in [0.25, 0.3) is 0 Å². The minimum absolute atomic E-state index is 0.188. The van der Waals surface area contributed by atoms with Gasteiger partial charge in [-0.2, -0.15) is 0 Å². The molecule has 1 amide bonds. The first kappa shape index (κ1) is 12.6. The standard InChI is InChI=1S/C13H20N2OS/c1-13(2,14)9-12(16)15-7-3-5-10(15)11-6-4-8-17-11/h4,6,8,10H,3,5,7,9,14H2,1-2H3. The molecule has 1 aromatic heterocycles. The van der Waals surface area contributed by atoms with Crippen LogP contribution in [-0.2, 0) is 4.79 Å². The van der Waals surface area contributed by atoms with Crippen molar-refractivity contribution >= 4 is 17.2 Å². The third kappa shape index (κ3) is 3.07. The Morgan fingerprint density at radius 2 is 2.41 bits per heavy atom. The predicted octanol–water partition coefficient (Wildman–Crippen LogP) is 2.54. The monoisotopic (exact) mass is 252 g/mol. The van der Waals surface area contributed by atoms with E-state index in [-0.39, 0.29) is 11.9 Å². The zero-order valence-electron chi connectivity index (χ0n) is 10.5. The summed E-state index contributed by atoms with van der Waals surface area (Å²) in [6.45, 7) is 4.68. The minimum atomic E-state index is -0.417. The average Bonchev–Trinajstić information content (AvgIpc) is 2.85. The quantitative estimate of drug-likeness (QED) is 0.898. The summed E-state index contributed by atoms with van der Waals surface area (Å²) >= 11 is 1.73. The second kappa shape index (κ2) is 4.78. The summed E-state index contributed by atoms with van der Waals surface area (Å²) in [5.74, 6) is 0.188. The van der Waals surface area contributed by atoms with Crippen LogP contribution in [0.25, 0.3) is 0 Å². The third-order valence-corrected chi connectivity index (χ3v) is 4.03. The van der Waals surface area contributed by atoms with Gasteiger partial charge >= 0.3 is 0 Å². The van der Waals surface area contributed by atoms with E-state index >= 15 is 0 Å². The van der Waals surface area contributed by atoms with Crippen molar-refractivity contribution in [2.45, 2.75) is 44.7 Å². The summed E-state index contributed by atoms with van der Waals surface area (Å²) in [7, 11) is 0. The molecule has 1 aliphatic rings. The molecule has 3 nitrogen and oxygen atoms in total. The van der Waals surface area contributed by atoms with Gasteiger partial charge in [-0.25, -0.2) is 0 Å². The van der Waals surface area contributed by atoms with Crippen LogP contribution in [0.1, 0.15) is 44.0 Å². The van der Waals surface area contributed by atoms with Crippen molar-refractivity contribution in [2.75, 3.05) is 6.54 Å². The number of rotatable bonds is 3. The van der Waals surface area contributed by atoms with Crippen molar-refractivity contribution in [3.63, 3.8) is 0 Å². The number of carbonyl (C=O) groups excluding carboxylic acids is 1. The molecule has 1 unspecified atom stereocenters. The lowest BCUT2D eigenvalue weighted by Gasteiger charge is -2.27. The first-order chi connectivity index (χ1) is 7.97. The molecule has 17 heavy (non-hydrogen) atoms. The fourth-order valence-electron chi connectivity index (χ4n) is 2.33. The molecule has 1 fully saturated rings. The largest absolute Gasteiger partial charge is 0.335 e. The van der Waals surface area contributed by atoms with E-state index in [1.807, 2.05) is 24.8 Å². The Hall–Kier alpha value is -0.870. The predicted molar refractivity (Wildman–Crippen MR) is 70.9 cm³/mol. The molecule has 2 N–H and O–H groups in total. The lowest BCUT2D eigenvalue weighted by atomic mass is 10.0. The lowest BCUT2D eigenvalue weighted by molar-refractivity contribution is -0.133. The smallest absolute Gasteiger partial charge is 0.224 e. The van der Waals surface area contributed by atoms with Gasteiger partial charge in [0, 0.05) is 23.4 Å². The molecule has 2 heterocycles. The number of amides is 1. The van der Waals surface area contributed by atoms with E-state index in [2.05, 4.69) is 11.4 Å². The number of carbonyl (C=O) groups is 1. The molecule has 0 spiro atoms. The Morgan fingerprint density at radius 1 is 1.65 bits per heavy atom. The van der Waals surface area contributed by atoms with Crippen LogP contribution in [0, 0.1) is 0 Å². The summed E-state index contributed by atoms with van der Waals surface area (Å²) in [5, 5.41) is 2.07. The van der Waals surface area contributed by atoms with E-state index in [0.717, 1.165) is 19.4 Å². The lowest BCUT2D eigenvalue weighted by Crippen LogP contribution is -2.40. The van der Waals surface area contributed by atoms with Crippen LogP contribution in [0.4, 0.5) is 0 Å². The second-order valence-electron chi connectivity index (χ2n) is 5.43. The van der Waals surface area contributed by atoms with Gasteiger partial charge in [0.1, 0.15) is 0 Å². The summed E-state index contributed by atoms with van der Waals surface area (Å²) in [4.78, 5) is 15.5. The van der Waals surface area contributed by atoms with E-state index in [1.54, 1.807) is 11.3 Å². The summed E-state index contributed by atoms with van der Waals surface area (Å²) in [5.41, 5.74) is 5.51. The highest BCUT2D eigenvalue weighted by molar-refractivity contribution is 7.10. The molecule has 2 rings (SSSR count). The normalized spacial score (nSPS) is 20.9. The molecule has 1 aromatic rings. The number of hydrogen-bond donors (Lipinski definition) is 1. The van der Waals surface area contributed by atoms with Gasteiger partial charge in [-0.3, -0.25) is 4.79 Å². The molecule has 1 aliphatic heterocycles. The van der Waals surface area contributed by atoms with Crippen molar-refractivity contribution in [1.82, 2.24) is 4.90 Å². The summed E-state index contributed by atoms with van der Waals surface area (Å²) in [6, 6.07) is 4.45. The van der Waals surface area contributed by atoms with E-state index in [4.69, 9.17) is 5.73 Å².